The summed E-state index contributed by atoms with van der Waals surface area (Å²) in [6.07, 6.45) is 2.29. The molecule has 0 aromatic heterocycles. The Morgan fingerprint density at radius 2 is 1.85 bits per heavy atom. The molecule has 0 radical (unpaired) electrons. The van der Waals surface area contributed by atoms with Crippen LogP contribution in [0, 0.1) is 11.8 Å². The Kier molecular flexibility index (Phi) is 2.70. The van der Waals surface area contributed by atoms with E-state index in [2.05, 4.69) is 10.2 Å². The summed E-state index contributed by atoms with van der Waals surface area (Å²) in [7, 11) is 1.79. The van der Waals surface area contributed by atoms with Crippen LogP contribution in [0.2, 0.25) is 0 Å². The maximum Gasteiger partial charge on any atom is 0.320 e. The number of urea groups is 1. The van der Waals surface area contributed by atoms with Crippen LogP contribution in [0.5, 0.6) is 0 Å². The SMILES string of the molecule is CN1CCN(CC(=O)N2[C@@H]3CC[C@H]2[C@H]2CNC[C@H]23)C1=O. The second-order valence-corrected chi connectivity index (χ2v) is 6.62. The Balaban J connectivity index is 1.46. The van der Waals surface area contributed by atoms with Gasteiger partial charge in [-0.05, 0) is 24.7 Å². The monoisotopic (exact) mass is 278 g/mol. The van der Waals surface area contributed by atoms with E-state index in [1.807, 2.05) is 0 Å². The van der Waals surface area contributed by atoms with Gasteiger partial charge in [0.25, 0.3) is 0 Å². The van der Waals surface area contributed by atoms with E-state index in [1.165, 1.54) is 0 Å². The zero-order valence-corrected chi connectivity index (χ0v) is 11.9. The van der Waals surface area contributed by atoms with Crippen LogP contribution < -0.4 is 5.32 Å². The van der Waals surface area contributed by atoms with Crippen LogP contribution in [0.3, 0.4) is 0 Å². The number of carbonyl (C=O) groups excluding carboxylic acids is 2. The smallest absolute Gasteiger partial charge is 0.320 e. The summed E-state index contributed by atoms with van der Waals surface area (Å²) in [6, 6.07) is 0.831. The fourth-order valence-corrected chi connectivity index (χ4v) is 4.73. The summed E-state index contributed by atoms with van der Waals surface area (Å²) in [5.41, 5.74) is 0. The van der Waals surface area contributed by atoms with E-state index < -0.39 is 0 Å². The van der Waals surface area contributed by atoms with E-state index >= 15 is 0 Å². The summed E-state index contributed by atoms with van der Waals surface area (Å²) in [5.74, 6) is 1.46. The highest BCUT2D eigenvalue weighted by atomic mass is 16.2. The molecule has 0 saturated carbocycles. The predicted molar refractivity (Wildman–Crippen MR) is 73.1 cm³/mol. The lowest BCUT2D eigenvalue weighted by molar-refractivity contribution is -0.133. The quantitative estimate of drug-likeness (QED) is 0.745. The molecule has 1 N–H and O–H groups in total. The topological polar surface area (TPSA) is 55.9 Å². The number of nitrogens with zero attached hydrogens (tertiary/aromatic N) is 3. The molecule has 0 aliphatic carbocycles. The van der Waals surface area contributed by atoms with Crippen molar-refractivity contribution in [3.05, 3.63) is 0 Å². The van der Waals surface area contributed by atoms with Crippen molar-refractivity contribution < 1.29 is 9.59 Å². The molecule has 4 rings (SSSR count). The molecule has 4 heterocycles. The van der Waals surface area contributed by atoms with E-state index in [9.17, 15) is 9.59 Å². The lowest BCUT2D eigenvalue weighted by Gasteiger charge is -2.27. The van der Waals surface area contributed by atoms with Crippen molar-refractivity contribution in [3.63, 3.8) is 0 Å². The lowest BCUT2D eigenvalue weighted by atomic mass is 9.82. The number of hydrogen-bond donors (Lipinski definition) is 1. The van der Waals surface area contributed by atoms with Crippen molar-refractivity contribution >= 4 is 11.9 Å². The zero-order chi connectivity index (χ0) is 13.9. The lowest BCUT2D eigenvalue weighted by Crippen LogP contribution is -2.45. The first kappa shape index (κ1) is 12.4. The standard InChI is InChI=1S/C14H22N4O2/c1-16-4-5-17(14(16)20)8-13(19)18-11-2-3-12(18)10-7-15-6-9(10)11/h9-12,15H,2-8H2,1H3/t9-,10+,11-,12+. The molecule has 3 amide bonds. The van der Waals surface area contributed by atoms with Crippen LogP contribution >= 0.6 is 0 Å². The Hall–Kier alpha value is -1.30. The molecule has 20 heavy (non-hydrogen) atoms. The molecule has 4 atom stereocenters. The summed E-state index contributed by atoms with van der Waals surface area (Å²) in [4.78, 5) is 30.0. The van der Waals surface area contributed by atoms with E-state index in [0.29, 0.717) is 30.5 Å². The molecule has 0 aromatic carbocycles. The fourth-order valence-electron chi connectivity index (χ4n) is 4.73. The van der Waals surface area contributed by atoms with Crippen molar-refractivity contribution in [3.8, 4) is 0 Å². The van der Waals surface area contributed by atoms with Crippen LogP contribution in [0.1, 0.15) is 12.8 Å². The number of carbonyl (C=O) groups is 2. The van der Waals surface area contributed by atoms with E-state index in [-0.39, 0.29) is 18.5 Å². The molecular weight excluding hydrogens is 256 g/mol. The molecule has 6 heteroatoms. The van der Waals surface area contributed by atoms with Crippen LogP contribution in [0.15, 0.2) is 0 Å². The van der Waals surface area contributed by atoms with E-state index in [1.54, 1.807) is 16.8 Å². The number of nitrogens with one attached hydrogen (secondary N) is 1. The minimum Gasteiger partial charge on any atom is -0.335 e. The molecule has 4 aliphatic heterocycles. The van der Waals surface area contributed by atoms with Crippen molar-refractivity contribution in [2.75, 3.05) is 39.8 Å². The van der Waals surface area contributed by atoms with Gasteiger partial charge in [0.15, 0.2) is 0 Å². The summed E-state index contributed by atoms with van der Waals surface area (Å²) < 4.78 is 0. The Morgan fingerprint density at radius 1 is 1.20 bits per heavy atom. The first-order chi connectivity index (χ1) is 9.66. The summed E-state index contributed by atoms with van der Waals surface area (Å²) >= 11 is 0. The molecule has 4 aliphatic rings. The Labute approximate surface area is 119 Å². The third-order valence-electron chi connectivity index (χ3n) is 5.69. The first-order valence-electron chi connectivity index (χ1n) is 7.69. The van der Waals surface area contributed by atoms with Gasteiger partial charge in [0.2, 0.25) is 5.91 Å². The van der Waals surface area contributed by atoms with Gasteiger partial charge in [-0.2, -0.15) is 0 Å². The molecule has 4 saturated heterocycles. The maximum absolute atomic E-state index is 12.6. The molecule has 2 bridgehead atoms. The fraction of sp³-hybridized carbons (Fsp3) is 0.857. The third-order valence-corrected chi connectivity index (χ3v) is 5.69. The molecule has 0 aromatic rings. The summed E-state index contributed by atoms with van der Waals surface area (Å²) in [6.45, 7) is 3.79. The van der Waals surface area contributed by atoms with Gasteiger partial charge in [0.1, 0.15) is 6.54 Å². The highest BCUT2D eigenvalue weighted by Crippen LogP contribution is 2.47. The second-order valence-electron chi connectivity index (χ2n) is 6.62. The average molecular weight is 278 g/mol. The van der Waals surface area contributed by atoms with Crippen molar-refractivity contribution in [1.29, 1.82) is 0 Å². The van der Waals surface area contributed by atoms with Gasteiger partial charge in [0, 0.05) is 45.3 Å². The van der Waals surface area contributed by atoms with Crippen molar-refractivity contribution in [2.45, 2.75) is 24.9 Å². The third kappa shape index (κ3) is 1.60. The van der Waals surface area contributed by atoms with Gasteiger partial charge >= 0.3 is 6.03 Å². The van der Waals surface area contributed by atoms with Gasteiger partial charge < -0.3 is 20.0 Å². The minimum atomic E-state index is -0.00763. The molecule has 0 spiro atoms. The van der Waals surface area contributed by atoms with Gasteiger partial charge in [-0.1, -0.05) is 0 Å². The molecule has 6 nitrogen and oxygen atoms in total. The minimum absolute atomic E-state index is 0.00763. The van der Waals surface area contributed by atoms with Gasteiger partial charge in [-0.3, -0.25) is 4.79 Å². The summed E-state index contributed by atoms with van der Waals surface area (Å²) in [5, 5.41) is 3.46. The van der Waals surface area contributed by atoms with Crippen LogP contribution in [0.4, 0.5) is 4.79 Å². The largest absolute Gasteiger partial charge is 0.335 e. The van der Waals surface area contributed by atoms with Crippen LogP contribution in [-0.2, 0) is 4.79 Å². The first-order valence-corrected chi connectivity index (χ1v) is 7.69. The number of fused-ring (bicyclic) bond motifs is 5. The second kappa shape index (κ2) is 4.35. The Bertz CT molecular complexity index is 436. The predicted octanol–water partition coefficient (Wildman–Crippen LogP) is -0.437. The van der Waals surface area contributed by atoms with Crippen LogP contribution in [0.25, 0.3) is 0 Å². The molecule has 4 fully saturated rings. The highest BCUT2D eigenvalue weighted by Gasteiger charge is 2.56. The molecule has 0 unspecified atom stereocenters. The van der Waals surface area contributed by atoms with Crippen molar-refractivity contribution in [2.24, 2.45) is 11.8 Å². The molecular formula is C14H22N4O2. The number of likely N-dealkylation sites (N-methyl/N-ethyl adjacent to an activating group) is 1. The van der Waals surface area contributed by atoms with Gasteiger partial charge in [-0.25, -0.2) is 4.79 Å². The van der Waals surface area contributed by atoms with Gasteiger partial charge in [-0.15, -0.1) is 0 Å². The highest BCUT2D eigenvalue weighted by molar-refractivity contribution is 5.85. The van der Waals surface area contributed by atoms with Crippen LogP contribution in [-0.4, -0.2) is 78.5 Å². The molecule has 110 valence electrons. The van der Waals surface area contributed by atoms with E-state index in [4.69, 9.17) is 0 Å². The number of rotatable bonds is 2. The average Bonchev–Trinajstić information content (AvgIpc) is 3.14. The number of hydrogen-bond acceptors (Lipinski definition) is 3. The van der Waals surface area contributed by atoms with Gasteiger partial charge in [0.05, 0.1) is 0 Å². The van der Waals surface area contributed by atoms with Crippen molar-refractivity contribution in [1.82, 2.24) is 20.0 Å². The maximum atomic E-state index is 12.6. The zero-order valence-electron chi connectivity index (χ0n) is 11.9. The number of amides is 3. The Morgan fingerprint density at radius 3 is 2.40 bits per heavy atom. The normalized spacial score (nSPS) is 39.0. The van der Waals surface area contributed by atoms with E-state index in [0.717, 1.165) is 32.5 Å².